The molecular weight excluding hydrogens is 199 g/mol. The average Bonchev–Trinajstić information content (AvgIpc) is 1.64. The maximum Gasteiger partial charge on any atom is 0.322 e. The Kier molecular flexibility index (Phi) is 2.92. The molecule has 0 aromatic rings. The predicted molar refractivity (Wildman–Crippen MR) is 31.2 cm³/mol. The van der Waals surface area contributed by atoms with Crippen molar-refractivity contribution in [1.29, 1.82) is 0 Å². The molecule has 0 fully saturated rings. The molecule has 0 N–H and O–H groups in total. The fourth-order valence-electron chi connectivity index (χ4n) is 0.0758. The molecule has 9 heavy (non-hydrogen) atoms. The van der Waals surface area contributed by atoms with Gasteiger partial charge in [-0.05, 0) is 0 Å². The molecule has 0 aliphatic rings. The number of rotatable bonds is 2. The first-order valence-corrected chi connectivity index (χ1v) is 3.11. The van der Waals surface area contributed by atoms with Crippen LogP contribution >= 0.6 is 34.8 Å². The topological polar surface area (TPSA) is 0 Å². The van der Waals surface area contributed by atoms with Crippen molar-refractivity contribution in [3.05, 3.63) is 0 Å². The summed E-state index contributed by atoms with van der Waals surface area (Å²) in [5.74, 6) is -5.13. The lowest BCUT2D eigenvalue weighted by Gasteiger charge is -2.18. The van der Waals surface area contributed by atoms with E-state index in [1.165, 1.54) is 0 Å². The molecule has 0 heterocycles. The lowest BCUT2D eigenvalue weighted by atomic mass is 10.4. The molecule has 0 spiro atoms. The van der Waals surface area contributed by atoms with Crippen LogP contribution in [-0.2, 0) is 0 Å². The summed E-state index contributed by atoms with van der Waals surface area (Å²) < 4.78 is 32.1. The zero-order valence-corrected chi connectivity index (χ0v) is 6.24. The second-order valence-electron chi connectivity index (χ2n) is 1.34. The first-order valence-electron chi connectivity index (χ1n) is 1.82. The second-order valence-corrected chi connectivity index (χ2v) is 2.84. The maximum atomic E-state index is 11.9. The minimum Gasteiger partial charge on any atom is -0.201 e. The number of hydrogen-bond acceptors (Lipinski definition) is 0. The van der Waals surface area contributed by atoms with Gasteiger partial charge in [0, 0.05) is 0 Å². The molecule has 0 saturated heterocycles. The van der Waals surface area contributed by atoms with Gasteiger partial charge in [-0.25, -0.2) is 4.39 Å². The molecule has 0 amide bonds. The first kappa shape index (κ1) is 9.66. The maximum absolute atomic E-state index is 11.9. The highest BCUT2D eigenvalue weighted by molar-refractivity contribution is 6.48. The van der Waals surface area contributed by atoms with Gasteiger partial charge in [-0.3, -0.25) is 0 Å². The van der Waals surface area contributed by atoms with E-state index in [9.17, 15) is 13.2 Å². The number of alkyl halides is 6. The van der Waals surface area contributed by atoms with Crippen LogP contribution in [0.4, 0.5) is 13.2 Å². The van der Waals surface area contributed by atoms with Crippen LogP contribution in [0.25, 0.3) is 0 Å². The minimum absolute atomic E-state index is 1.24. The smallest absolute Gasteiger partial charge is 0.201 e. The van der Waals surface area contributed by atoms with Crippen molar-refractivity contribution in [2.45, 2.75) is 10.5 Å². The molecule has 0 aromatic carbocycles. The molecule has 0 bridgehead atoms. The molecule has 0 unspecified atom stereocenters. The van der Waals surface area contributed by atoms with Crippen LogP contribution in [-0.4, -0.2) is 16.4 Å². The first-order chi connectivity index (χ1) is 3.81. The third-order valence-electron chi connectivity index (χ3n) is 0.583. The van der Waals surface area contributed by atoms with Gasteiger partial charge < -0.3 is 0 Å². The van der Waals surface area contributed by atoms with E-state index in [0.717, 1.165) is 0 Å². The number of halogens is 6. The lowest BCUT2D eigenvalue weighted by molar-refractivity contribution is -0.0368. The Bertz CT molecular complexity index is 97.0. The van der Waals surface area contributed by atoms with Crippen molar-refractivity contribution in [3.8, 4) is 0 Å². The van der Waals surface area contributed by atoms with E-state index in [0.29, 0.717) is 0 Å². The van der Waals surface area contributed by atoms with Gasteiger partial charge in [0.05, 0.1) is 5.88 Å². The normalized spacial score (nSPS) is 14.0. The van der Waals surface area contributed by atoms with Crippen LogP contribution in [0.5, 0.6) is 0 Å². The van der Waals surface area contributed by atoms with Crippen LogP contribution in [0, 0.1) is 0 Å². The molecule has 56 valence electrons. The highest BCUT2D eigenvalue weighted by Gasteiger charge is 2.51. The monoisotopic (exact) mass is 200 g/mol. The molecule has 0 aliphatic carbocycles. The van der Waals surface area contributed by atoms with Gasteiger partial charge in [0.15, 0.2) is 0 Å². The Morgan fingerprint density at radius 2 is 1.44 bits per heavy atom. The van der Waals surface area contributed by atoms with Gasteiger partial charge in [-0.15, -0.1) is 11.6 Å². The van der Waals surface area contributed by atoms with Crippen LogP contribution in [0.2, 0.25) is 0 Å². The van der Waals surface area contributed by atoms with Gasteiger partial charge in [0.2, 0.25) is 0 Å². The van der Waals surface area contributed by atoms with Crippen LogP contribution < -0.4 is 0 Å². The molecule has 6 heteroatoms. The third-order valence-corrected chi connectivity index (χ3v) is 1.47. The Morgan fingerprint density at radius 1 is 1.11 bits per heavy atom. The summed E-state index contributed by atoms with van der Waals surface area (Å²) >= 11 is 13.4. The Morgan fingerprint density at radius 3 is 1.44 bits per heavy atom. The van der Waals surface area contributed by atoms with Gasteiger partial charge in [0.25, 0.3) is 0 Å². The average molecular weight is 201 g/mol. The van der Waals surface area contributed by atoms with E-state index in [2.05, 4.69) is 34.8 Å². The quantitative estimate of drug-likeness (QED) is 0.603. The summed E-state index contributed by atoms with van der Waals surface area (Å²) in [4.78, 5) is 0. The summed E-state index contributed by atoms with van der Waals surface area (Å²) in [5.41, 5.74) is 0. The molecule has 0 atom stereocenters. The van der Waals surface area contributed by atoms with E-state index in [1.807, 2.05) is 0 Å². The predicted octanol–water partition coefficient (Wildman–Crippen LogP) is 2.96. The fourth-order valence-corrected chi connectivity index (χ4v) is 0.530. The van der Waals surface area contributed by atoms with E-state index < -0.39 is 16.4 Å². The summed E-state index contributed by atoms with van der Waals surface area (Å²) in [6.45, 7) is 0. The van der Waals surface area contributed by atoms with Gasteiger partial charge in [-0.1, -0.05) is 23.2 Å². The standard InChI is InChI=1S/C3H2Cl3F3/c4-1-2(7,8)3(5,6)9/h1H2. The van der Waals surface area contributed by atoms with Crippen molar-refractivity contribution < 1.29 is 13.2 Å². The SMILES string of the molecule is FC(Cl)(Cl)C(F)(F)CCl. The molecule has 0 saturated carbocycles. The summed E-state index contributed by atoms with van der Waals surface area (Å²) in [7, 11) is 0. The van der Waals surface area contributed by atoms with Crippen molar-refractivity contribution in [3.63, 3.8) is 0 Å². The fraction of sp³-hybridized carbons (Fsp3) is 1.00. The molecule has 0 radical (unpaired) electrons. The Balaban J connectivity index is 4.14. The Labute approximate surface area is 64.9 Å². The van der Waals surface area contributed by atoms with Crippen molar-refractivity contribution >= 4 is 34.8 Å². The van der Waals surface area contributed by atoms with E-state index >= 15 is 0 Å². The van der Waals surface area contributed by atoms with E-state index in [4.69, 9.17) is 0 Å². The lowest BCUT2D eigenvalue weighted by Crippen LogP contribution is -2.35. The van der Waals surface area contributed by atoms with Crippen molar-refractivity contribution in [1.82, 2.24) is 0 Å². The third kappa shape index (κ3) is 2.40. The van der Waals surface area contributed by atoms with Crippen LogP contribution in [0.3, 0.4) is 0 Å². The largest absolute Gasteiger partial charge is 0.322 e. The molecular formula is C3H2Cl3F3. The molecule has 0 nitrogen and oxygen atoms in total. The van der Waals surface area contributed by atoms with E-state index in [1.54, 1.807) is 0 Å². The van der Waals surface area contributed by atoms with E-state index in [-0.39, 0.29) is 0 Å². The zero-order valence-electron chi connectivity index (χ0n) is 3.97. The number of hydrogen-bond donors (Lipinski definition) is 0. The van der Waals surface area contributed by atoms with Crippen LogP contribution in [0.1, 0.15) is 0 Å². The highest BCUT2D eigenvalue weighted by Crippen LogP contribution is 2.40. The van der Waals surface area contributed by atoms with Crippen molar-refractivity contribution in [2.75, 3.05) is 5.88 Å². The zero-order chi connectivity index (χ0) is 7.71. The Hall–Kier alpha value is 0.660. The molecule has 0 aromatic heterocycles. The molecule has 0 aliphatic heterocycles. The van der Waals surface area contributed by atoms with Crippen molar-refractivity contribution in [2.24, 2.45) is 0 Å². The van der Waals surface area contributed by atoms with Gasteiger partial charge in [0.1, 0.15) is 0 Å². The summed E-state index contributed by atoms with van der Waals surface area (Å²) in [5, 5.41) is 0. The van der Waals surface area contributed by atoms with Gasteiger partial charge >= 0.3 is 10.5 Å². The summed E-state index contributed by atoms with van der Waals surface area (Å²) in [6.07, 6.45) is 0. The second kappa shape index (κ2) is 2.72. The highest BCUT2D eigenvalue weighted by atomic mass is 35.5. The summed E-state index contributed by atoms with van der Waals surface area (Å²) in [6, 6.07) is 0. The molecule has 0 rings (SSSR count). The van der Waals surface area contributed by atoms with Crippen LogP contribution in [0.15, 0.2) is 0 Å². The van der Waals surface area contributed by atoms with Gasteiger partial charge in [-0.2, -0.15) is 8.78 Å². The minimum atomic E-state index is -3.89.